The minimum atomic E-state index is -0.0596. The first-order valence-corrected chi connectivity index (χ1v) is 5.49. The molecule has 2 nitrogen and oxygen atoms in total. The van der Waals surface area contributed by atoms with Gasteiger partial charge in [-0.05, 0) is 10.2 Å². The molecule has 0 N–H and O–H groups in total. The zero-order valence-corrected chi connectivity index (χ0v) is 7.39. The van der Waals surface area contributed by atoms with Crippen molar-refractivity contribution in [3.05, 3.63) is 14.5 Å². The summed E-state index contributed by atoms with van der Waals surface area (Å²) in [5, 5.41) is 0. The van der Waals surface area contributed by atoms with E-state index in [1.54, 1.807) is 11.3 Å². The monoisotopic (exact) mass is 250 g/mol. The predicted octanol–water partition coefficient (Wildman–Crippen LogP) is 2.91. The maximum Gasteiger partial charge on any atom is 0.175 e. The smallest absolute Gasteiger partial charge is 0.175 e. The molecule has 0 unspecified atom stereocenters. The van der Waals surface area contributed by atoms with Gasteiger partial charge in [-0.15, -0.1) is 11.3 Å². The van der Waals surface area contributed by atoms with Crippen LogP contribution in [0.25, 0.3) is 6.08 Å². The van der Waals surface area contributed by atoms with Crippen LogP contribution in [0.2, 0.25) is 0 Å². The van der Waals surface area contributed by atoms with Crippen molar-refractivity contribution < 1.29 is 0 Å². The van der Waals surface area contributed by atoms with Crippen molar-refractivity contribution >= 4 is 44.3 Å². The molecule has 0 radical (unpaired) electrons. The number of halogens is 1. The Morgan fingerprint density at radius 1 is 1.56 bits per heavy atom. The summed E-state index contributed by atoms with van der Waals surface area (Å²) in [5.41, 5.74) is 1.84. The lowest BCUT2D eigenvalue weighted by molar-refractivity contribution is 1.37. The van der Waals surface area contributed by atoms with E-state index in [0.29, 0.717) is 0 Å². The van der Waals surface area contributed by atoms with Crippen LogP contribution in [0.15, 0.2) is 12.7 Å². The summed E-state index contributed by atoms with van der Waals surface area (Å²) < 4.78 is 6.43. The highest BCUT2D eigenvalue weighted by Gasteiger charge is 2.01. The molecule has 1 aliphatic heterocycles. The first-order valence-electron chi connectivity index (χ1n) is 2.40. The van der Waals surface area contributed by atoms with Crippen molar-refractivity contribution in [1.29, 1.82) is 0 Å². The molecule has 4 heteroatoms. The van der Waals surface area contributed by atoms with Gasteiger partial charge in [-0.3, -0.25) is 0 Å². The molecular weight excluding hydrogens is 247 g/mol. The van der Waals surface area contributed by atoms with E-state index in [2.05, 4.69) is 18.3 Å². The third kappa shape index (κ3) is 0.963. The molecule has 2 heterocycles. The van der Waals surface area contributed by atoms with Crippen molar-refractivity contribution in [3.8, 4) is 0 Å². The van der Waals surface area contributed by atoms with Crippen LogP contribution in [0.5, 0.6) is 0 Å². The molecule has 1 aliphatic rings. The maximum atomic E-state index is 4.28. The maximum absolute atomic E-state index is 4.28. The molecule has 0 aromatic carbocycles. The first kappa shape index (κ1) is 5.67. The van der Waals surface area contributed by atoms with Crippen molar-refractivity contribution in [3.63, 3.8) is 0 Å². The second-order valence-electron chi connectivity index (χ2n) is 1.51. The highest BCUT2D eigenvalue weighted by atomic mass is 127. The Morgan fingerprint density at radius 2 is 2.56 bits per heavy atom. The number of rotatable bonds is 0. The quantitative estimate of drug-likeness (QED) is 0.650. The Bertz CT molecular complexity index is 250. The summed E-state index contributed by atoms with van der Waals surface area (Å²) >= 11 is 1.59. The molecule has 0 atom stereocenters. The van der Waals surface area contributed by atoms with Crippen LogP contribution in [0.4, 0.5) is 5.82 Å². The van der Waals surface area contributed by atoms with Gasteiger partial charge in [0.1, 0.15) is 0 Å². The van der Waals surface area contributed by atoms with E-state index in [4.69, 9.17) is 0 Å². The lowest BCUT2D eigenvalue weighted by atomic mass is 10.5. The number of aromatic nitrogens is 1. The summed E-state index contributed by atoms with van der Waals surface area (Å²) in [7, 11) is 0. The first-order chi connectivity index (χ1) is 4.47. The number of fused-ring (bicyclic) bond motifs is 1. The fourth-order valence-electron chi connectivity index (χ4n) is 0.586. The molecule has 9 heavy (non-hydrogen) atoms. The molecular formula is C5H3IN2S. The molecule has 2 rings (SSSR count). The van der Waals surface area contributed by atoms with E-state index in [-0.39, 0.29) is 21.0 Å². The van der Waals surface area contributed by atoms with Gasteiger partial charge in [0.05, 0.1) is 10.4 Å². The summed E-state index contributed by atoms with van der Waals surface area (Å²) in [5.74, 6) is 0.954. The van der Waals surface area contributed by atoms with Gasteiger partial charge in [0.2, 0.25) is 0 Å². The zero-order chi connectivity index (χ0) is 6.10. The van der Waals surface area contributed by atoms with Crippen LogP contribution in [0.3, 0.4) is 0 Å². The summed E-state index contributed by atoms with van der Waals surface area (Å²) in [6, 6.07) is 0. The van der Waals surface area contributed by atoms with Gasteiger partial charge >= 0.3 is 0 Å². The number of hydrogen-bond donors (Lipinski definition) is 0. The average Bonchev–Trinajstić information content (AvgIpc) is 2.33. The second-order valence-corrected chi connectivity index (χ2v) is 4.16. The average molecular weight is 250 g/mol. The topological polar surface area (TPSA) is 25.2 Å². The highest BCUT2D eigenvalue weighted by molar-refractivity contribution is 14.2. The third-order valence-corrected chi connectivity index (χ3v) is 3.17. The fourth-order valence-corrected chi connectivity index (χ4v) is 2.94. The van der Waals surface area contributed by atoms with Gasteiger partial charge in [-0.25, -0.2) is 8.13 Å². The van der Waals surface area contributed by atoms with E-state index in [1.807, 2.05) is 5.51 Å². The molecule has 0 saturated heterocycles. The predicted molar refractivity (Wildman–Crippen MR) is 47.3 cm³/mol. The molecule has 46 valence electrons. The summed E-state index contributed by atoms with van der Waals surface area (Å²) in [4.78, 5) is 5.29. The van der Waals surface area contributed by atoms with Crippen LogP contribution in [-0.4, -0.2) is 4.98 Å². The summed E-state index contributed by atoms with van der Waals surface area (Å²) in [6.45, 7) is 0. The molecule has 1 aromatic heterocycles. The minimum absolute atomic E-state index is 0.0596. The van der Waals surface area contributed by atoms with Crippen LogP contribution in [-0.2, 0) is 0 Å². The van der Waals surface area contributed by atoms with Crippen LogP contribution in [0.1, 0.15) is 4.88 Å². The van der Waals surface area contributed by atoms with Gasteiger partial charge in [0.25, 0.3) is 0 Å². The zero-order valence-electron chi connectivity index (χ0n) is 4.41. The van der Waals surface area contributed by atoms with Gasteiger partial charge in [-0.1, -0.05) is 0 Å². The van der Waals surface area contributed by atoms with Crippen molar-refractivity contribution in [2.24, 2.45) is 3.15 Å². The Labute approximate surface area is 66.8 Å². The molecule has 0 fully saturated rings. The van der Waals surface area contributed by atoms with Crippen LogP contribution < -0.4 is 0 Å². The Balaban J connectivity index is 2.68. The lowest BCUT2D eigenvalue weighted by Crippen LogP contribution is -1.64. The number of thiazole rings is 1. The fraction of sp³-hybridized carbons (Fsp3) is 0. The van der Waals surface area contributed by atoms with E-state index in [0.717, 1.165) is 5.82 Å². The van der Waals surface area contributed by atoms with Gasteiger partial charge in [-0.2, -0.15) is 0 Å². The van der Waals surface area contributed by atoms with Crippen LogP contribution >= 0.6 is 32.4 Å². The van der Waals surface area contributed by atoms with Crippen molar-refractivity contribution in [1.82, 2.24) is 4.98 Å². The van der Waals surface area contributed by atoms with E-state index < -0.39 is 0 Å². The molecule has 1 aromatic rings. The molecule has 0 amide bonds. The standard InChI is InChI=1S/C5H3IN2S/c1-2-6-8-5-4(1)9-3-7-5/h1-3H. The minimum Gasteiger partial charge on any atom is -0.225 e. The Kier molecular flexibility index (Phi) is 1.42. The normalized spacial score (nSPS) is 14.7. The SMILES string of the molecule is C1=Cc2scnc2N=I1. The Hall–Kier alpha value is -0.100. The third-order valence-electron chi connectivity index (χ3n) is 0.975. The van der Waals surface area contributed by atoms with Gasteiger partial charge < -0.3 is 0 Å². The molecule has 0 saturated carbocycles. The van der Waals surface area contributed by atoms with E-state index >= 15 is 0 Å². The van der Waals surface area contributed by atoms with Crippen LogP contribution in [0, 0.1) is 0 Å². The largest absolute Gasteiger partial charge is 0.225 e. The van der Waals surface area contributed by atoms with Crippen molar-refractivity contribution in [2.75, 3.05) is 0 Å². The molecule has 0 aliphatic carbocycles. The number of hydrogen-bond acceptors (Lipinski definition) is 3. The van der Waals surface area contributed by atoms with Gasteiger partial charge in [0.15, 0.2) is 5.82 Å². The van der Waals surface area contributed by atoms with Crippen molar-refractivity contribution in [2.45, 2.75) is 0 Å². The van der Waals surface area contributed by atoms with E-state index in [9.17, 15) is 0 Å². The van der Waals surface area contributed by atoms with Gasteiger partial charge in [0, 0.05) is 21.0 Å². The second kappa shape index (κ2) is 2.26. The molecule has 0 spiro atoms. The number of nitrogens with zero attached hydrogens (tertiary/aromatic N) is 2. The Morgan fingerprint density at radius 3 is 3.44 bits per heavy atom. The lowest BCUT2D eigenvalue weighted by Gasteiger charge is -1.90. The van der Waals surface area contributed by atoms with E-state index in [1.165, 1.54) is 4.88 Å². The molecule has 0 bridgehead atoms. The highest BCUT2D eigenvalue weighted by Crippen LogP contribution is 2.31. The summed E-state index contributed by atoms with van der Waals surface area (Å²) in [6.07, 6.45) is 2.12.